The summed E-state index contributed by atoms with van der Waals surface area (Å²) in [6.45, 7) is 6.54. The third-order valence-electron chi connectivity index (χ3n) is 6.47. The van der Waals surface area contributed by atoms with Crippen LogP contribution in [0.1, 0.15) is 45.1 Å². The van der Waals surface area contributed by atoms with Crippen LogP contribution >= 0.6 is 0 Å². The maximum absolute atomic E-state index is 12.4. The highest BCUT2D eigenvalue weighted by Crippen LogP contribution is 2.65. The topological polar surface area (TPSA) is 63.2 Å². The molecule has 23 heavy (non-hydrogen) atoms. The van der Waals surface area contributed by atoms with Crippen molar-refractivity contribution in [3.8, 4) is 0 Å². The number of sulfonamides is 1. The van der Waals surface area contributed by atoms with Crippen LogP contribution in [0.2, 0.25) is 0 Å². The summed E-state index contributed by atoms with van der Waals surface area (Å²) in [7, 11) is -3.48. The van der Waals surface area contributed by atoms with Gasteiger partial charge in [0, 0.05) is 18.4 Å². The minimum atomic E-state index is -3.48. The SMILES string of the molecule is Cc1ccc(S(=O)(=O)NCC[C@@]2(C)[C@@H]3CC[C@@]2(C)C(=O)C3)cc1. The molecule has 126 valence electrons. The molecule has 3 atom stereocenters. The van der Waals surface area contributed by atoms with Gasteiger partial charge in [-0.3, -0.25) is 4.79 Å². The van der Waals surface area contributed by atoms with Crippen LogP contribution < -0.4 is 4.72 Å². The fourth-order valence-electron chi connectivity index (χ4n) is 4.48. The van der Waals surface area contributed by atoms with Crippen molar-refractivity contribution in [3.05, 3.63) is 29.8 Å². The zero-order valence-corrected chi connectivity index (χ0v) is 14.9. The Morgan fingerprint density at radius 1 is 1.22 bits per heavy atom. The monoisotopic (exact) mass is 335 g/mol. The van der Waals surface area contributed by atoms with Gasteiger partial charge in [-0.2, -0.15) is 0 Å². The Morgan fingerprint density at radius 2 is 1.87 bits per heavy atom. The van der Waals surface area contributed by atoms with Gasteiger partial charge in [-0.15, -0.1) is 0 Å². The Labute approximate surface area is 138 Å². The number of carbonyl (C=O) groups is 1. The molecule has 1 aromatic carbocycles. The number of nitrogens with one attached hydrogen (secondary N) is 1. The normalized spacial score (nSPS) is 33.3. The summed E-state index contributed by atoms with van der Waals surface area (Å²) in [5.41, 5.74) is 0.678. The van der Waals surface area contributed by atoms with E-state index in [4.69, 9.17) is 0 Å². The van der Waals surface area contributed by atoms with E-state index in [1.807, 2.05) is 6.92 Å². The first-order chi connectivity index (χ1) is 10.7. The Balaban J connectivity index is 1.68. The zero-order chi connectivity index (χ0) is 16.9. The van der Waals surface area contributed by atoms with Crippen LogP contribution in [-0.4, -0.2) is 20.7 Å². The average Bonchev–Trinajstić information content (AvgIpc) is 2.83. The van der Waals surface area contributed by atoms with Crippen molar-refractivity contribution < 1.29 is 13.2 Å². The van der Waals surface area contributed by atoms with E-state index in [-0.39, 0.29) is 10.8 Å². The van der Waals surface area contributed by atoms with Crippen LogP contribution in [-0.2, 0) is 14.8 Å². The van der Waals surface area contributed by atoms with Crippen LogP contribution in [0, 0.1) is 23.7 Å². The second kappa shape index (κ2) is 5.42. The molecule has 4 nitrogen and oxygen atoms in total. The lowest BCUT2D eigenvalue weighted by atomic mass is 9.67. The summed E-state index contributed by atoms with van der Waals surface area (Å²) in [5.74, 6) is 0.765. The molecule has 1 aromatic rings. The van der Waals surface area contributed by atoms with Crippen LogP contribution in [0.3, 0.4) is 0 Å². The molecule has 0 aromatic heterocycles. The molecular weight excluding hydrogens is 310 g/mol. The summed E-state index contributed by atoms with van der Waals surface area (Å²) in [6, 6.07) is 6.85. The van der Waals surface area contributed by atoms with Crippen molar-refractivity contribution in [1.29, 1.82) is 0 Å². The fraction of sp³-hybridized carbons (Fsp3) is 0.611. The van der Waals surface area contributed by atoms with E-state index in [1.165, 1.54) is 0 Å². The first-order valence-electron chi connectivity index (χ1n) is 8.29. The molecule has 0 saturated heterocycles. The zero-order valence-electron chi connectivity index (χ0n) is 14.1. The number of rotatable bonds is 5. The van der Waals surface area contributed by atoms with Gasteiger partial charge in [0.15, 0.2) is 0 Å². The number of fused-ring (bicyclic) bond motifs is 2. The minimum Gasteiger partial charge on any atom is -0.299 e. The van der Waals surface area contributed by atoms with Crippen molar-refractivity contribution in [2.24, 2.45) is 16.7 Å². The Kier molecular flexibility index (Phi) is 3.92. The lowest BCUT2D eigenvalue weighted by Crippen LogP contribution is -2.38. The van der Waals surface area contributed by atoms with Crippen LogP contribution in [0.5, 0.6) is 0 Å². The summed E-state index contributed by atoms with van der Waals surface area (Å²) >= 11 is 0. The maximum atomic E-state index is 12.4. The summed E-state index contributed by atoms with van der Waals surface area (Å²) in [5, 5.41) is 0. The van der Waals surface area contributed by atoms with Gasteiger partial charge in [-0.05, 0) is 49.7 Å². The number of ketones is 1. The molecular formula is C18H25NO3S. The van der Waals surface area contributed by atoms with Crippen molar-refractivity contribution in [1.82, 2.24) is 4.72 Å². The van der Waals surface area contributed by atoms with E-state index in [0.717, 1.165) is 18.4 Å². The van der Waals surface area contributed by atoms with Gasteiger partial charge in [0.2, 0.25) is 10.0 Å². The van der Waals surface area contributed by atoms with Gasteiger partial charge in [0.25, 0.3) is 0 Å². The molecule has 1 N–H and O–H groups in total. The molecule has 2 bridgehead atoms. The molecule has 0 amide bonds. The standard InChI is InChI=1S/C18H25NO3S/c1-13-4-6-15(7-5-13)23(21,22)19-11-10-17(2)14-8-9-18(17,3)16(20)12-14/h4-7,14,19H,8-12H2,1-3H3/t14-,17+,18+/m1/s1. The number of Topliss-reactive ketones (excluding diaryl/α,β-unsaturated/α-hetero) is 1. The Hall–Kier alpha value is -1.20. The first kappa shape index (κ1) is 16.7. The lowest BCUT2D eigenvalue weighted by molar-refractivity contribution is -0.128. The van der Waals surface area contributed by atoms with Gasteiger partial charge in [-0.1, -0.05) is 31.5 Å². The van der Waals surface area contributed by atoms with Crippen molar-refractivity contribution in [3.63, 3.8) is 0 Å². The maximum Gasteiger partial charge on any atom is 0.240 e. The van der Waals surface area contributed by atoms with Gasteiger partial charge in [0.1, 0.15) is 5.78 Å². The summed E-state index contributed by atoms with van der Waals surface area (Å²) in [6.07, 6.45) is 3.41. The third kappa shape index (κ3) is 2.54. The van der Waals surface area contributed by atoms with Gasteiger partial charge >= 0.3 is 0 Å². The smallest absolute Gasteiger partial charge is 0.240 e. The van der Waals surface area contributed by atoms with Crippen LogP contribution in [0.15, 0.2) is 29.2 Å². The summed E-state index contributed by atoms with van der Waals surface area (Å²) in [4.78, 5) is 12.5. The minimum absolute atomic E-state index is 0.0835. The molecule has 2 saturated carbocycles. The quantitative estimate of drug-likeness (QED) is 0.899. The second-order valence-corrected chi connectivity index (χ2v) is 9.34. The van der Waals surface area contributed by atoms with Crippen molar-refractivity contribution >= 4 is 15.8 Å². The Morgan fingerprint density at radius 3 is 2.39 bits per heavy atom. The molecule has 2 fully saturated rings. The molecule has 0 spiro atoms. The fourth-order valence-corrected chi connectivity index (χ4v) is 5.51. The van der Waals surface area contributed by atoms with E-state index in [0.29, 0.717) is 36.0 Å². The van der Waals surface area contributed by atoms with E-state index >= 15 is 0 Å². The predicted octanol–water partition coefficient (Wildman–Crippen LogP) is 3.06. The third-order valence-corrected chi connectivity index (χ3v) is 7.95. The average molecular weight is 335 g/mol. The number of aryl methyl sites for hydroxylation is 1. The number of hydrogen-bond acceptors (Lipinski definition) is 3. The molecule has 0 unspecified atom stereocenters. The summed E-state index contributed by atoms with van der Waals surface area (Å²) < 4.78 is 27.4. The van der Waals surface area contributed by atoms with E-state index in [9.17, 15) is 13.2 Å². The highest BCUT2D eigenvalue weighted by Gasteiger charge is 2.63. The van der Waals surface area contributed by atoms with Crippen molar-refractivity contribution in [2.75, 3.05) is 6.54 Å². The predicted molar refractivity (Wildman–Crippen MR) is 89.5 cm³/mol. The molecule has 0 heterocycles. The molecule has 5 heteroatoms. The largest absolute Gasteiger partial charge is 0.299 e. The Bertz CT molecular complexity index is 725. The second-order valence-electron chi connectivity index (χ2n) is 7.57. The molecule has 0 aliphatic heterocycles. The molecule has 0 radical (unpaired) electrons. The number of carbonyl (C=O) groups excluding carboxylic acids is 1. The molecule has 2 aliphatic carbocycles. The van der Waals surface area contributed by atoms with E-state index in [1.54, 1.807) is 24.3 Å². The highest BCUT2D eigenvalue weighted by atomic mass is 32.2. The van der Waals surface area contributed by atoms with Crippen LogP contribution in [0.25, 0.3) is 0 Å². The van der Waals surface area contributed by atoms with Crippen LogP contribution in [0.4, 0.5) is 0 Å². The molecule has 2 aliphatic rings. The first-order valence-corrected chi connectivity index (χ1v) is 9.77. The number of benzene rings is 1. The van der Waals surface area contributed by atoms with E-state index < -0.39 is 10.0 Å². The number of hydrogen-bond donors (Lipinski definition) is 1. The molecule has 3 rings (SSSR count). The van der Waals surface area contributed by atoms with Crippen molar-refractivity contribution in [2.45, 2.75) is 51.3 Å². The van der Waals surface area contributed by atoms with Gasteiger partial charge in [-0.25, -0.2) is 13.1 Å². The van der Waals surface area contributed by atoms with E-state index in [2.05, 4.69) is 18.6 Å². The van der Waals surface area contributed by atoms with Gasteiger partial charge in [0.05, 0.1) is 4.90 Å². The highest BCUT2D eigenvalue weighted by molar-refractivity contribution is 7.89. The lowest BCUT2D eigenvalue weighted by Gasteiger charge is -2.36. The van der Waals surface area contributed by atoms with Gasteiger partial charge < -0.3 is 0 Å².